The van der Waals surface area contributed by atoms with Crippen LogP contribution < -0.4 is 10.2 Å². The van der Waals surface area contributed by atoms with Crippen molar-refractivity contribution in [3.63, 3.8) is 0 Å². The molecule has 0 saturated heterocycles. The number of ether oxygens (including phenoxy) is 1. The summed E-state index contributed by atoms with van der Waals surface area (Å²) < 4.78 is 5.22. The highest BCUT2D eigenvalue weighted by Gasteiger charge is 2.13. The van der Waals surface area contributed by atoms with Gasteiger partial charge in [-0.15, -0.1) is 11.3 Å². The molecule has 0 fully saturated rings. The Morgan fingerprint density at radius 3 is 2.75 bits per heavy atom. The maximum Gasteiger partial charge on any atom is 0.185 e. The number of anilines is 1. The molecule has 0 radical (unpaired) electrons. The van der Waals surface area contributed by atoms with Crippen LogP contribution in [0.4, 0.5) is 5.13 Å². The number of aromatic nitrogens is 2. The van der Waals surface area contributed by atoms with E-state index in [1.54, 1.807) is 18.4 Å². The van der Waals surface area contributed by atoms with E-state index in [4.69, 9.17) is 4.74 Å². The summed E-state index contributed by atoms with van der Waals surface area (Å²) in [6.45, 7) is 2.19. The molecule has 0 aromatic carbocycles. The van der Waals surface area contributed by atoms with Crippen molar-refractivity contribution < 1.29 is 4.74 Å². The Bertz CT molecular complexity index is 506. The summed E-state index contributed by atoms with van der Waals surface area (Å²) in [6.07, 6.45) is 3.63. The number of hydrogen-bond acceptors (Lipinski definition) is 6. The lowest BCUT2D eigenvalue weighted by Crippen LogP contribution is -2.16. The Balaban J connectivity index is 2.13. The molecule has 0 aliphatic heterocycles. The van der Waals surface area contributed by atoms with Gasteiger partial charge in [-0.25, -0.2) is 4.98 Å². The van der Waals surface area contributed by atoms with E-state index in [1.165, 1.54) is 10.4 Å². The van der Waals surface area contributed by atoms with Gasteiger partial charge in [-0.3, -0.25) is 4.98 Å². The Hall–Kier alpha value is -1.50. The minimum Gasteiger partial charge on any atom is -0.378 e. The molecule has 1 N–H and O–H groups in total. The zero-order valence-corrected chi connectivity index (χ0v) is 12.9. The monoisotopic (exact) mass is 292 g/mol. The SMILES string of the molecule is CNCc1sc(N(C)Cc2ccncc2)nc1COC. The first-order valence-electron chi connectivity index (χ1n) is 6.46. The van der Waals surface area contributed by atoms with Crippen molar-refractivity contribution in [1.29, 1.82) is 0 Å². The second kappa shape index (κ2) is 7.33. The zero-order chi connectivity index (χ0) is 14.4. The fourth-order valence-corrected chi connectivity index (χ4v) is 2.95. The molecule has 0 bridgehead atoms. The van der Waals surface area contributed by atoms with Gasteiger partial charge in [-0.2, -0.15) is 0 Å². The summed E-state index contributed by atoms with van der Waals surface area (Å²) in [6, 6.07) is 4.05. The fourth-order valence-electron chi connectivity index (χ4n) is 1.91. The van der Waals surface area contributed by atoms with Gasteiger partial charge in [-0.05, 0) is 24.7 Å². The van der Waals surface area contributed by atoms with E-state index >= 15 is 0 Å². The van der Waals surface area contributed by atoms with E-state index in [2.05, 4.69) is 27.2 Å². The quantitative estimate of drug-likeness (QED) is 0.846. The predicted octanol–water partition coefficient (Wildman–Crippen LogP) is 2.04. The highest BCUT2D eigenvalue weighted by Crippen LogP contribution is 2.27. The number of pyridine rings is 1. The van der Waals surface area contributed by atoms with Crippen LogP contribution in [0.3, 0.4) is 0 Å². The highest BCUT2D eigenvalue weighted by atomic mass is 32.1. The van der Waals surface area contributed by atoms with Gasteiger partial charge in [0, 0.05) is 44.5 Å². The smallest absolute Gasteiger partial charge is 0.185 e. The number of nitrogens with zero attached hydrogens (tertiary/aromatic N) is 3. The molecule has 2 heterocycles. The van der Waals surface area contributed by atoms with Crippen LogP contribution in [0.5, 0.6) is 0 Å². The van der Waals surface area contributed by atoms with Gasteiger partial charge in [-0.1, -0.05) is 0 Å². The van der Waals surface area contributed by atoms with Crippen LogP contribution in [0, 0.1) is 0 Å². The van der Waals surface area contributed by atoms with Crippen molar-refractivity contribution in [2.45, 2.75) is 19.7 Å². The normalized spacial score (nSPS) is 10.8. The predicted molar refractivity (Wildman–Crippen MR) is 81.9 cm³/mol. The zero-order valence-electron chi connectivity index (χ0n) is 12.1. The lowest BCUT2D eigenvalue weighted by Gasteiger charge is -2.15. The Morgan fingerprint density at radius 2 is 2.10 bits per heavy atom. The van der Waals surface area contributed by atoms with E-state index in [9.17, 15) is 0 Å². The average molecular weight is 292 g/mol. The Morgan fingerprint density at radius 1 is 1.35 bits per heavy atom. The standard InChI is InChI=1S/C14H20N4OS/c1-15-8-13-12(10-19-3)17-14(20-13)18(2)9-11-4-6-16-7-5-11/h4-7,15H,8-10H2,1-3H3. The van der Waals surface area contributed by atoms with Crippen molar-refractivity contribution in [3.05, 3.63) is 40.7 Å². The van der Waals surface area contributed by atoms with Crippen LogP contribution >= 0.6 is 11.3 Å². The molecule has 5 nitrogen and oxygen atoms in total. The summed E-state index contributed by atoms with van der Waals surface area (Å²) >= 11 is 1.71. The largest absolute Gasteiger partial charge is 0.378 e. The van der Waals surface area contributed by atoms with Crippen molar-refractivity contribution in [3.8, 4) is 0 Å². The fraction of sp³-hybridized carbons (Fsp3) is 0.429. The van der Waals surface area contributed by atoms with Crippen molar-refractivity contribution >= 4 is 16.5 Å². The first kappa shape index (κ1) is 14.9. The number of hydrogen-bond donors (Lipinski definition) is 1. The maximum absolute atomic E-state index is 5.22. The van der Waals surface area contributed by atoms with Gasteiger partial charge in [0.25, 0.3) is 0 Å². The van der Waals surface area contributed by atoms with Gasteiger partial charge >= 0.3 is 0 Å². The van der Waals surface area contributed by atoms with E-state index < -0.39 is 0 Å². The first-order valence-corrected chi connectivity index (χ1v) is 7.28. The molecule has 0 unspecified atom stereocenters. The lowest BCUT2D eigenvalue weighted by atomic mass is 10.2. The molecule has 0 saturated carbocycles. The van der Waals surface area contributed by atoms with Crippen molar-refractivity contribution in [2.75, 3.05) is 26.1 Å². The summed E-state index contributed by atoms with van der Waals surface area (Å²) in [5, 5.41) is 4.19. The van der Waals surface area contributed by atoms with Gasteiger partial charge in [0.05, 0.1) is 12.3 Å². The summed E-state index contributed by atoms with van der Waals surface area (Å²) in [4.78, 5) is 12.1. The first-order chi connectivity index (χ1) is 9.74. The molecule has 0 aliphatic carbocycles. The molecule has 0 spiro atoms. The topological polar surface area (TPSA) is 50.3 Å². The van der Waals surface area contributed by atoms with Crippen LogP contribution in [-0.2, 0) is 24.4 Å². The Kier molecular flexibility index (Phi) is 5.46. The minimum atomic E-state index is 0.552. The molecule has 0 amide bonds. The molecule has 0 atom stereocenters. The third-order valence-electron chi connectivity index (χ3n) is 2.88. The molecule has 6 heteroatoms. The van der Waals surface area contributed by atoms with Gasteiger partial charge < -0.3 is 15.0 Å². The van der Waals surface area contributed by atoms with Crippen molar-refractivity contribution in [2.24, 2.45) is 0 Å². The Labute approximate surface area is 123 Å². The second-order valence-corrected chi connectivity index (χ2v) is 5.60. The van der Waals surface area contributed by atoms with Crippen LogP contribution in [0.25, 0.3) is 0 Å². The molecular weight excluding hydrogens is 272 g/mol. The number of rotatable bonds is 7. The van der Waals surface area contributed by atoms with Crippen LogP contribution in [0.2, 0.25) is 0 Å². The van der Waals surface area contributed by atoms with E-state index in [-0.39, 0.29) is 0 Å². The molecular formula is C14H20N4OS. The van der Waals surface area contributed by atoms with Gasteiger partial charge in [0.2, 0.25) is 0 Å². The summed E-state index contributed by atoms with van der Waals surface area (Å²) in [5.74, 6) is 0. The molecule has 0 aliphatic rings. The van der Waals surface area contributed by atoms with Crippen LogP contribution in [-0.4, -0.2) is 31.2 Å². The number of nitrogens with one attached hydrogen (secondary N) is 1. The molecule has 20 heavy (non-hydrogen) atoms. The van der Waals surface area contributed by atoms with Crippen LogP contribution in [0.15, 0.2) is 24.5 Å². The third kappa shape index (κ3) is 3.75. The average Bonchev–Trinajstić information content (AvgIpc) is 2.84. The molecule has 2 aromatic heterocycles. The van der Waals surface area contributed by atoms with Crippen molar-refractivity contribution in [1.82, 2.24) is 15.3 Å². The molecule has 2 aromatic rings. The highest BCUT2D eigenvalue weighted by molar-refractivity contribution is 7.15. The van der Waals surface area contributed by atoms with E-state index in [0.717, 1.165) is 23.9 Å². The van der Waals surface area contributed by atoms with Gasteiger partial charge in [0.15, 0.2) is 5.13 Å². The minimum absolute atomic E-state index is 0.552. The van der Waals surface area contributed by atoms with E-state index in [1.807, 2.05) is 31.6 Å². The summed E-state index contributed by atoms with van der Waals surface area (Å²) in [7, 11) is 5.69. The maximum atomic E-state index is 5.22. The van der Waals surface area contributed by atoms with E-state index in [0.29, 0.717) is 6.61 Å². The lowest BCUT2D eigenvalue weighted by molar-refractivity contribution is 0.181. The van der Waals surface area contributed by atoms with Gasteiger partial charge in [0.1, 0.15) is 0 Å². The number of thiazole rings is 1. The molecule has 2 rings (SSSR count). The number of methoxy groups -OCH3 is 1. The second-order valence-electron chi connectivity index (χ2n) is 4.54. The third-order valence-corrected chi connectivity index (χ3v) is 4.09. The molecule has 108 valence electrons. The summed E-state index contributed by atoms with van der Waals surface area (Å²) in [5.41, 5.74) is 2.24. The van der Waals surface area contributed by atoms with Crippen LogP contribution in [0.1, 0.15) is 16.1 Å².